The van der Waals surface area contributed by atoms with Crippen molar-refractivity contribution in [1.82, 2.24) is 0 Å². The van der Waals surface area contributed by atoms with Gasteiger partial charge in [0.15, 0.2) is 0 Å². The van der Waals surface area contributed by atoms with E-state index in [2.05, 4.69) is 0 Å². The lowest BCUT2D eigenvalue weighted by atomic mass is 9.83. The van der Waals surface area contributed by atoms with Gasteiger partial charge in [0, 0.05) is 16.2 Å². The molecule has 1 aromatic heterocycles. The molecular weight excluding hydrogens is 617 g/mol. The maximum absolute atomic E-state index is 9.84. The minimum Gasteiger partial charge on any atom is -0.455 e. The fraction of sp³-hybridized carbons (Fsp3) is 0. The van der Waals surface area contributed by atoms with E-state index in [0.29, 0.717) is 0 Å². The van der Waals surface area contributed by atoms with Crippen molar-refractivity contribution in [3.05, 3.63) is 181 Å². The smallest absolute Gasteiger partial charge is 0.143 e. The molecule has 1 heterocycles. The van der Waals surface area contributed by atoms with Crippen LogP contribution in [0.15, 0.2) is 186 Å². The molecule has 11 rings (SSSR count). The Balaban J connectivity index is 1.49. The molecule has 0 aliphatic heterocycles. The number of fused-ring (bicyclic) bond motifs is 9. The molecule has 11 aromatic rings. The average molecular weight is 677 g/mol. The normalized spacial score (nSPS) is 20.2. The molecule has 0 aliphatic rings. The van der Waals surface area contributed by atoms with Crippen molar-refractivity contribution < 1.29 is 45.5 Å². The van der Waals surface area contributed by atoms with Crippen LogP contribution in [0.4, 0.5) is 0 Å². The molecule has 1 heteroatoms. The van der Waals surface area contributed by atoms with E-state index in [1.54, 1.807) is 0 Å². The first-order valence-electron chi connectivity index (χ1n) is 30.2. The molecule has 0 N–H and O–H groups in total. The molecule has 0 unspecified atom stereocenters. The number of hydrogen-bond acceptors (Lipinski definition) is 1. The van der Waals surface area contributed by atoms with Crippen LogP contribution >= 0.6 is 0 Å². The Kier molecular flexibility index (Phi) is 2.50. The van der Waals surface area contributed by atoms with Crippen LogP contribution in [0.3, 0.4) is 0 Å². The first kappa shape index (κ1) is 11.7. The van der Waals surface area contributed by atoms with Gasteiger partial charge in [0.25, 0.3) is 0 Å². The Bertz CT molecular complexity index is 4840. The van der Waals surface area contributed by atoms with Gasteiger partial charge in [-0.3, -0.25) is 0 Å². The highest BCUT2D eigenvalue weighted by atomic mass is 16.3. The van der Waals surface area contributed by atoms with Crippen LogP contribution in [0.1, 0.15) is 41.1 Å². The van der Waals surface area contributed by atoms with Gasteiger partial charge in [-0.1, -0.05) is 163 Å². The van der Waals surface area contributed by atoms with Crippen molar-refractivity contribution in [2.24, 2.45) is 0 Å². The van der Waals surface area contributed by atoms with Gasteiger partial charge < -0.3 is 4.42 Å². The van der Waals surface area contributed by atoms with E-state index in [1.807, 2.05) is 0 Å². The molecule has 0 atom stereocenters. The fourth-order valence-electron chi connectivity index (χ4n) is 6.53. The zero-order valence-corrected chi connectivity index (χ0v) is 25.4. The van der Waals surface area contributed by atoms with Crippen LogP contribution in [0.25, 0.3) is 109 Å². The van der Waals surface area contributed by atoms with Crippen LogP contribution in [-0.2, 0) is 0 Å². The fourth-order valence-corrected chi connectivity index (χ4v) is 6.53. The standard InChI is InChI=1S/C50H30O/c1-2-14-34-30-35(27-26-31(34)12-1)47-37-18-5-7-20-40(37)48(41-21-8-6-19-38(41)47)43-24-10-16-33-15-9-22-39(46(33)43)42-23-11-25-45-49(42)44-29-28-32-13-3-4-17-36(32)50(44)51-45/h1-30H/i1D,2D,3D,4D,5D,6D,7D,8D,9D,10D,11D,12D,13D,14D,15D,16D,17D,18D,19D,20D,21D,22D,23D,24D,25D,26D,27D,28D,29D,30D. The van der Waals surface area contributed by atoms with Crippen LogP contribution < -0.4 is 0 Å². The third-order valence-corrected chi connectivity index (χ3v) is 8.62. The SMILES string of the molecule is [2H]c1c([2H])c(-c2c([2H])c([2H])c([2H])c3c([2H])c([2H])c([2H])c(-c4c5c([2H])c([2H])c([2H])c([2H])c5c(-c5c([2H])c([2H])c6c([2H])c([2H])c([2H])c([2H])c6c5[2H])c5c([2H])c([2H])c([2H])c([2H])c45)c23)c2c(oc3c4c([2H])c([2H])c([2H])c([2H])c4c([2H])c([2H])c32)c1[2H]. The van der Waals surface area contributed by atoms with Crippen molar-refractivity contribution in [1.29, 1.82) is 0 Å². The maximum atomic E-state index is 9.84. The van der Waals surface area contributed by atoms with E-state index in [9.17, 15) is 19.2 Å². The average Bonchev–Trinajstić information content (AvgIpc) is 3.22. The van der Waals surface area contributed by atoms with Gasteiger partial charge >= 0.3 is 0 Å². The van der Waals surface area contributed by atoms with Gasteiger partial charge in [0.1, 0.15) is 11.2 Å². The van der Waals surface area contributed by atoms with Crippen LogP contribution in [0.2, 0.25) is 0 Å². The molecule has 0 saturated heterocycles. The Morgan fingerprint density at radius 1 is 0.333 bits per heavy atom. The zero-order chi connectivity index (χ0) is 59.6. The van der Waals surface area contributed by atoms with E-state index in [-0.39, 0.29) is 0 Å². The number of rotatable bonds is 3. The van der Waals surface area contributed by atoms with Gasteiger partial charge in [-0.05, 0) is 100.0 Å². The quantitative estimate of drug-likeness (QED) is 0.170. The highest BCUT2D eigenvalue weighted by Crippen LogP contribution is 2.48. The first-order chi connectivity index (χ1) is 37.8. The summed E-state index contributed by atoms with van der Waals surface area (Å²) in [5.74, 6) is 0. The third kappa shape index (κ3) is 4.16. The summed E-state index contributed by atoms with van der Waals surface area (Å²) in [4.78, 5) is 0. The minimum absolute atomic E-state index is 0.492. The van der Waals surface area contributed by atoms with Crippen LogP contribution in [0, 0.1) is 0 Å². The molecular formula is C50H30O. The van der Waals surface area contributed by atoms with E-state index in [4.69, 9.17) is 26.3 Å². The molecule has 0 saturated carbocycles. The molecule has 0 aliphatic carbocycles. The van der Waals surface area contributed by atoms with Gasteiger partial charge in [0.2, 0.25) is 0 Å². The lowest BCUT2D eigenvalue weighted by Crippen LogP contribution is -1.93. The van der Waals surface area contributed by atoms with Gasteiger partial charge in [-0.2, -0.15) is 0 Å². The lowest BCUT2D eigenvalue weighted by molar-refractivity contribution is 0.673. The Morgan fingerprint density at radius 2 is 0.863 bits per heavy atom. The first-order valence-corrected chi connectivity index (χ1v) is 15.2. The maximum Gasteiger partial charge on any atom is 0.143 e. The monoisotopic (exact) mass is 676 g/mol. The molecule has 0 spiro atoms. The predicted octanol–water partition coefficient (Wildman–Crippen LogP) is 14.4. The number of furan rings is 1. The van der Waals surface area contributed by atoms with E-state index in [0.717, 1.165) is 0 Å². The summed E-state index contributed by atoms with van der Waals surface area (Å²) >= 11 is 0. The summed E-state index contributed by atoms with van der Waals surface area (Å²) in [7, 11) is 0. The van der Waals surface area contributed by atoms with Crippen LogP contribution in [0.5, 0.6) is 0 Å². The van der Waals surface area contributed by atoms with E-state index >= 15 is 0 Å². The lowest BCUT2D eigenvalue weighted by Gasteiger charge is -2.20. The summed E-state index contributed by atoms with van der Waals surface area (Å²) < 4.78 is 280. The summed E-state index contributed by atoms with van der Waals surface area (Å²) in [6, 6.07) is -29.0. The zero-order valence-electron chi connectivity index (χ0n) is 55.4. The Hall–Kier alpha value is -6.70. The highest BCUT2D eigenvalue weighted by Gasteiger charge is 2.21. The summed E-state index contributed by atoms with van der Waals surface area (Å²) in [5, 5.41) is -8.34. The molecule has 0 fully saturated rings. The molecule has 1 nitrogen and oxygen atoms in total. The second kappa shape index (κ2) is 10.9. The molecule has 0 bridgehead atoms. The highest BCUT2D eigenvalue weighted by molar-refractivity contribution is 6.26. The van der Waals surface area contributed by atoms with Crippen LogP contribution in [-0.4, -0.2) is 0 Å². The predicted molar refractivity (Wildman–Crippen MR) is 218 cm³/mol. The summed E-state index contributed by atoms with van der Waals surface area (Å²) in [6.07, 6.45) is 0. The minimum atomic E-state index is -1.13. The molecule has 0 radical (unpaired) electrons. The van der Waals surface area contributed by atoms with Gasteiger partial charge in [-0.25, -0.2) is 0 Å². The molecule has 236 valence electrons. The van der Waals surface area contributed by atoms with Crippen molar-refractivity contribution in [2.75, 3.05) is 0 Å². The molecule has 51 heavy (non-hydrogen) atoms. The van der Waals surface area contributed by atoms with Gasteiger partial charge in [-0.15, -0.1) is 0 Å². The van der Waals surface area contributed by atoms with Gasteiger partial charge in [0.05, 0.1) is 41.1 Å². The molecule has 10 aromatic carbocycles. The Labute approximate surface area is 336 Å². The summed E-state index contributed by atoms with van der Waals surface area (Å²) in [5.41, 5.74) is -6.23. The van der Waals surface area contributed by atoms with E-state index in [1.165, 1.54) is 0 Å². The third-order valence-electron chi connectivity index (χ3n) is 8.62. The molecule has 0 amide bonds. The van der Waals surface area contributed by atoms with Crippen molar-refractivity contribution >= 4 is 75.8 Å². The Morgan fingerprint density at radius 3 is 1.59 bits per heavy atom. The van der Waals surface area contributed by atoms with Crippen molar-refractivity contribution in [2.45, 2.75) is 0 Å². The van der Waals surface area contributed by atoms with Crippen molar-refractivity contribution in [3.63, 3.8) is 0 Å². The number of hydrogen-bond donors (Lipinski definition) is 0. The second-order valence-electron chi connectivity index (χ2n) is 11.3. The number of benzene rings is 10. The van der Waals surface area contributed by atoms with Crippen molar-refractivity contribution in [3.8, 4) is 33.4 Å². The second-order valence-corrected chi connectivity index (χ2v) is 11.3. The topological polar surface area (TPSA) is 13.1 Å². The van der Waals surface area contributed by atoms with E-state index < -0.39 is 290 Å². The summed E-state index contributed by atoms with van der Waals surface area (Å²) in [6.45, 7) is 0. The largest absolute Gasteiger partial charge is 0.455 e.